The summed E-state index contributed by atoms with van der Waals surface area (Å²) in [6, 6.07) is 14.5. The molecule has 0 fully saturated rings. The SMILES string of the molecule is O=C1C[C@@H](c2ccc(O)c(-c3cc(-c4cc(=O)c5c(O)cc(O)cc5o4)ccc3O)c2)Oc2cc(O)cc(O)c21. The van der Waals surface area contributed by atoms with Crippen molar-refractivity contribution in [2.75, 3.05) is 0 Å². The first-order chi connectivity index (χ1) is 19.1. The second-order valence-corrected chi connectivity index (χ2v) is 9.39. The number of phenolic OH excluding ortho intramolecular Hbond substituents is 6. The summed E-state index contributed by atoms with van der Waals surface area (Å²) >= 11 is 0. The molecule has 1 aliphatic heterocycles. The molecule has 0 spiro atoms. The van der Waals surface area contributed by atoms with E-state index in [0.29, 0.717) is 11.1 Å². The average molecular weight is 540 g/mol. The molecule has 0 bridgehead atoms. The number of benzene rings is 4. The maximum atomic E-state index is 12.8. The third-order valence-corrected chi connectivity index (χ3v) is 6.74. The molecule has 10 heteroatoms. The van der Waals surface area contributed by atoms with Gasteiger partial charge in [-0.2, -0.15) is 0 Å². The highest BCUT2D eigenvalue weighted by Crippen LogP contribution is 2.44. The number of hydrogen-bond acceptors (Lipinski definition) is 10. The van der Waals surface area contributed by atoms with Gasteiger partial charge in [-0.25, -0.2) is 0 Å². The first-order valence-electron chi connectivity index (χ1n) is 12.0. The van der Waals surface area contributed by atoms with Gasteiger partial charge < -0.3 is 39.8 Å². The van der Waals surface area contributed by atoms with Gasteiger partial charge in [0, 0.05) is 47.0 Å². The largest absolute Gasteiger partial charge is 0.508 e. The molecule has 0 amide bonds. The number of phenols is 6. The van der Waals surface area contributed by atoms with Crippen LogP contribution in [0.2, 0.25) is 0 Å². The number of ketones is 1. The third kappa shape index (κ3) is 4.08. The number of ether oxygens (including phenoxy) is 1. The Morgan fingerprint density at radius 2 is 1.35 bits per heavy atom. The quantitative estimate of drug-likeness (QED) is 0.181. The predicted molar refractivity (Wildman–Crippen MR) is 142 cm³/mol. The first kappa shape index (κ1) is 24.7. The fraction of sp³-hybridized carbons (Fsp3) is 0.0667. The zero-order valence-corrected chi connectivity index (χ0v) is 20.5. The minimum atomic E-state index is -0.815. The van der Waals surface area contributed by atoms with Crippen molar-refractivity contribution in [3.05, 3.63) is 88.1 Å². The van der Waals surface area contributed by atoms with Gasteiger partial charge in [-0.05, 0) is 35.9 Å². The van der Waals surface area contributed by atoms with Gasteiger partial charge in [0.05, 0.1) is 6.42 Å². The van der Waals surface area contributed by atoms with Crippen molar-refractivity contribution in [2.24, 2.45) is 0 Å². The Morgan fingerprint density at radius 1 is 0.675 bits per heavy atom. The van der Waals surface area contributed by atoms with Crippen LogP contribution in [0.3, 0.4) is 0 Å². The van der Waals surface area contributed by atoms with E-state index in [1.807, 2.05) is 0 Å². The second kappa shape index (κ2) is 8.98. The molecule has 0 aliphatic carbocycles. The van der Waals surface area contributed by atoms with Crippen LogP contribution in [-0.2, 0) is 0 Å². The van der Waals surface area contributed by atoms with Crippen LogP contribution in [0.25, 0.3) is 33.4 Å². The second-order valence-electron chi connectivity index (χ2n) is 9.39. The van der Waals surface area contributed by atoms with Gasteiger partial charge in [-0.3, -0.25) is 9.59 Å². The zero-order chi connectivity index (χ0) is 28.3. The molecule has 1 aromatic heterocycles. The lowest BCUT2D eigenvalue weighted by Crippen LogP contribution is -2.20. The number of fused-ring (bicyclic) bond motifs is 2. The molecule has 1 aliphatic rings. The summed E-state index contributed by atoms with van der Waals surface area (Å²) in [7, 11) is 0. The van der Waals surface area contributed by atoms with Crippen LogP contribution in [0, 0.1) is 0 Å². The molecule has 0 saturated heterocycles. The van der Waals surface area contributed by atoms with Crippen LogP contribution < -0.4 is 10.2 Å². The normalized spacial score (nSPS) is 14.6. The Morgan fingerprint density at radius 3 is 2.12 bits per heavy atom. The van der Waals surface area contributed by atoms with Gasteiger partial charge in [0.2, 0.25) is 0 Å². The molecule has 200 valence electrons. The van der Waals surface area contributed by atoms with Crippen molar-refractivity contribution in [3.63, 3.8) is 0 Å². The Hall–Kier alpha value is -5.64. The monoisotopic (exact) mass is 540 g/mol. The third-order valence-electron chi connectivity index (χ3n) is 6.74. The van der Waals surface area contributed by atoms with E-state index in [-0.39, 0.29) is 68.6 Å². The van der Waals surface area contributed by atoms with Crippen molar-refractivity contribution < 1.29 is 44.6 Å². The summed E-state index contributed by atoms with van der Waals surface area (Å²) in [6.45, 7) is 0. The molecule has 0 saturated carbocycles. The lowest BCUT2D eigenvalue weighted by atomic mass is 9.92. The molecule has 4 aromatic carbocycles. The van der Waals surface area contributed by atoms with E-state index in [4.69, 9.17) is 9.15 Å². The number of rotatable bonds is 3. The topological polar surface area (TPSA) is 178 Å². The first-order valence-corrected chi connectivity index (χ1v) is 12.0. The Kier molecular flexibility index (Phi) is 5.54. The van der Waals surface area contributed by atoms with E-state index in [1.165, 1.54) is 42.5 Å². The van der Waals surface area contributed by atoms with Gasteiger partial charge in [0.15, 0.2) is 11.2 Å². The number of carbonyl (C=O) groups is 1. The average Bonchev–Trinajstić information content (AvgIpc) is 2.88. The fourth-order valence-corrected chi connectivity index (χ4v) is 4.88. The Labute approximate surface area is 224 Å². The molecule has 40 heavy (non-hydrogen) atoms. The standard InChI is InChI=1S/C30H20O10/c31-15-7-21(35)29-23(37)11-25(39-27(29)9-15)13-1-3-19(33)17(5-13)18-6-14(2-4-20(18)34)26-12-24(38)30-22(36)8-16(32)10-28(30)40-26/h1-11,26,31-36H,12H2/t26-/m0/s1. The van der Waals surface area contributed by atoms with E-state index in [1.54, 1.807) is 6.07 Å². The minimum absolute atomic E-state index is 0.0154. The fourth-order valence-electron chi connectivity index (χ4n) is 4.88. The summed E-state index contributed by atoms with van der Waals surface area (Å²) in [5, 5.41) is 61.0. The van der Waals surface area contributed by atoms with Crippen LogP contribution in [0.1, 0.15) is 28.4 Å². The lowest BCUT2D eigenvalue weighted by Gasteiger charge is -2.26. The smallest absolute Gasteiger partial charge is 0.197 e. The van der Waals surface area contributed by atoms with Crippen molar-refractivity contribution in [2.45, 2.75) is 12.5 Å². The number of hydrogen-bond donors (Lipinski definition) is 6. The highest BCUT2D eigenvalue weighted by molar-refractivity contribution is 6.02. The summed E-state index contributed by atoms with van der Waals surface area (Å²) in [6.07, 6.45) is -0.937. The minimum Gasteiger partial charge on any atom is -0.508 e. The van der Waals surface area contributed by atoms with Gasteiger partial charge in [-0.1, -0.05) is 6.07 Å². The summed E-state index contributed by atoms with van der Waals surface area (Å²) in [5.74, 6) is -2.08. The highest BCUT2D eigenvalue weighted by Gasteiger charge is 2.31. The molecular formula is C30H20O10. The highest BCUT2D eigenvalue weighted by atomic mass is 16.5. The van der Waals surface area contributed by atoms with Crippen LogP contribution in [0.4, 0.5) is 0 Å². The van der Waals surface area contributed by atoms with Crippen molar-refractivity contribution in [3.8, 4) is 62.7 Å². The van der Waals surface area contributed by atoms with Gasteiger partial charge in [0.1, 0.15) is 68.6 Å². The summed E-state index contributed by atoms with van der Waals surface area (Å²) < 4.78 is 11.7. The predicted octanol–water partition coefficient (Wildman–Crippen LogP) is 5.07. The molecule has 1 atom stereocenters. The Balaban J connectivity index is 1.42. The van der Waals surface area contributed by atoms with E-state index in [2.05, 4.69) is 0 Å². The number of Topliss-reactive ketones (excluding diaryl/α,β-unsaturated/α-hetero) is 1. The van der Waals surface area contributed by atoms with Crippen molar-refractivity contribution in [1.82, 2.24) is 0 Å². The molecular weight excluding hydrogens is 520 g/mol. The van der Waals surface area contributed by atoms with E-state index < -0.39 is 28.8 Å². The summed E-state index contributed by atoms with van der Waals surface area (Å²) in [5.41, 5.74) is 0.565. The van der Waals surface area contributed by atoms with Crippen LogP contribution in [-0.4, -0.2) is 36.4 Å². The van der Waals surface area contributed by atoms with Crippen molar-refractivity contribution in [1.29, 1.82) is 0 Å². The Bertz CT molecular complexity index is 1920. The van der Waals surface area contributed by atoms with Crippen molar-refractivity contribution >= 4 is 16.8 Å². The van der Waals surface area contributed by atoms with Gasteiger partial charge in [-0.15, -0.1) is 0 Å². The van der Waals surface area contributed by atoms with E-state index >= 15 is 0 Å². The molecule has 0 unspecified atom stereocenters. The van der Waals surface area contributed by atoms with Gasteiger partial charge in [0.25, 0.3) is 0 Å². The van der Waals surface area contributed by atoms with Crippen LogP contribution in [0.15, 0.2) is 75.9 Å². The lowest BCUT2D eigenvalue weighted by molar-refractivity contribution is 0.0845. The maximum Gasteiger partial charge on any atom is 0.197 e. The number of carbonyl (C=O) groups excluding carboxylic acids is 1. The molecule has 10 nitrogen and oxygen atoms in total. The zero-order valence-electron chi connectivity index (χ0n) is 20.5. The maximum absolute atomic E-state index is 12.8. The van der Waals surface area contributed by atoms with E-state index in [0.717, 1.165) is 18.2 Å². The molecule has 6 N–H and O–H groups in total. The molecule has 6 rings (SSSR count). The van der Waals surface area contributed by atoms with Crippen LogP contribution in [0.5, 0.6) is 40.2 Å². The summed E-state index contributed by atoms with van der Waals surface area (Å²) in [4.78, 5) is 25.5. The molecule has 2 heterocycles. The van der Waals surface area contributed by atoms with E-state index in [9.17, 15) is 40.2 Å². The van der Waals surface area contributed by atoms with Crippen LogP contribution >= 0.6 is 0 Å². The molecule has 0 radical (unpaired) electrons. The molecule has 5 aromatic rings. The number of aromatic hydroxyl groups is 6. The van der Waals surface area contributed by atoms with Gasteiger partial charge >= 0.3 is 0 Å².